The van der Waals surface area contributed by atoms with Crippen LogP contribution in [-0.4, -0.2) is 62.1 Å². The summed E-state index contributed by atoms with van der Waals surface area (Å²) >= 11 is 7.72. The molecule has 1 amide bonds. The summed E-state index contributed by atoms with van der Waals surface area (Å²) < 4.78 is 11.2. The highest BCUT2D eigenvalue weighted by Gasteiger charge is 2.41. The van der Waals surface area contributed by atoms with Crippen molar-refractivity contribution in [1.82, 2.24) is 4.90 Å². The predicted molar refractivity (Wildman–Crippen MR) is 146 cm³/mol. The molecule has 38 heavy (non-hydrogen) atoms. The van der Waals surface area contributed by atoms with Gasteiger partial charge in [-0.25, -0.2) is 4.79 Å². The molecule has 0 saturated heterocycles. The number of likely N-dealkylation sites (N-methyl/N-ethyl adjacent to an activating group) is 1. The van der Waals surface area contributed by atoms with Crippen LogP contribution in [0.5, 0.6) is 5.75 Å². The molecule has 1 heterocycles. The van der Waals surface area contributed by atoms with Crippen LogP contribution in [0.2, 0.25) is 5.02 Å². The Bertz CT molecular complexity index is 1330. The average molecular weight is 556 g/mol. The molecule has 2 atom stereocenters. The smallest absolute Gasteiger partial charge is 0.338 e. The number of amides is 1. The highest BCUT2D eigenvalue weighted by atomic mass is 35.5. The molecule has 1 aliphatic heterocycles. The number of methoxy groups -OCH3 is 1. The monoisotopic (exact) mass is 555 g/mol. The Kier molecular flexibility index (Phi) is 8.55. The van der Waals surface area contributed by atoms with Crippen molar-refractivity contribution in [2.45, 2.75) is 16.2 Å². The zero-order valence-electron chi connectivity index (χ0n) is 21.0. The van der Waals surface area contributed by atoms with E-state index in [9.17, 15) is 19.7 Å². The molecule has 3 aromatic carbocycles. The average Bonchev–Trinajstić information content (AvgIpc) is 3.01. The molecule has 0 aromatic heterocycles. The minimum absolute atomic E-state index is 0.103. The Morgan fingerprint density at radius 3 is 2.39 bits per heavy atom. The maximum atomic E-state index is 14.1. The second-order valence-corrected chi connectivity index (χ2v) is 10.5. The lowest BCUT2D eigenvalue weighted by Crippen LogP contribution is -2.45. The number of rotatable bonds is 8. The normalized spacial score (nSPS) is 17.1. The minimum atomic E-state index is -1.19. The molecule has 9 nitrogen and oxygen atoms in total. The van der Waals surface area contributed by atoms with Gasteiger partial charge in [-0.15, -0.1) is 11.8 Å². The van der Waals surface area contributed by atoms with E-state index in [-0.39, 0.29) is 17.2 Å². The number of thioether (sulfide) groups is 1. The van der Waals surface area contributed by atoms with Crippen molar-refractivity contribution in [2.75, 3.05) is 39.2 Å². The molecule has 0 saturated carbocycles. The third kappa shape index (κ3) is 6.09. The number of anilines is 1. The van der Waals surface area contributed by atoms with E-state index in [2.05, 4.69) is 0 Å². The molecule has 0 spiro atoms. The summed E-state index contributed by atoms with van der Waals surface area (Å²) in [5.41, 5.74) is 1.39. The molecule has 0 N–H and O–H groups in total. The minimum Gasteiger partial charge on any atom is -0.497 e. The van der Waals surface area contributed by atoms with Crippen LogP contribution >= 0.6 is 23.4 Å². The van der Waals surface area contributed by atoms with Gasteiger partial charge in [0.15, 0.2) is 6.10 Å². The highest BCUT2D eigenvalue weighted by molar-refractivity contribution is 7.99. The summed E-state index contributed by atoms with van der Waals surface area (Å²) in [6.07, 6.45) is -1.19. The van der Waals surface area contributed by atoms with E-state index in [1.807, 2.05) is 31.1 Å². The molecule has 0 fully saturated rings. The van der Waals surface area contributed by atoms with Crippen LogP contribution in [0.1, 0.15) is 21.2 Å². The van der Waals surface area contributed by atoms with Gasteiger partial charge in [-0.2, -0.15) is 0 Å². The van der Waals surface area contributed by atoms with Gasteiger partial charge >= 0.3 is 5.97 Å². The Balaban J connectivity index is 1.77. The topological polar surface area (TPSA) is 102 Å². The molecule has 1 aliphatic rings. The number of non-ortho nitro benzene ring substituents is 1. The first-order valence-electron chi connectivity index (χ1n) is 11.7. The van der Waals surface area contributed by atoms with Crippen molar-refractivity contribution in [3.63, 3.8) is 0 Å². The van der Waals surface area contributed by atoms with Gasteiger partial charge in [0.2, 0.25) is 0 Å². The van der Waals surface area contributed by atoms with Gasteiger partial charge in [0.25, 0.3) is 11.6 Å². The van der Waals surface area contributed by atoms with Gasteiger partial charge in [-0.1, -0.05) is 23.7 Å². The lowest BCUT2D eigenvalue weighted by Gasteiger charge is -2.28. The van der Waals surface area contributed by atoms with Gasteiger partial charge < -0.3 is 19.3 Å². The number of nitrogens with zero attached hydrogens (tertiary/aromatic N) is 3. The van der Waals surface area contributed by atoms with Crippen molar-refractivity contribution in [3.05, 3.63) is 93.0 Å². The summed E-state index contributed by atoms with van der Waals surface area (Å²) in [6.45, 7) is 0.941. The third-order valence-electron chi connectivity index (χ3n) is 6.01. The third-order valence-corrected chi connectivity index (χ3v) is 7.60. The number of esters is 1. The van der Waals surface area contributed by atoms with E-state index in [0.29, 0.717) is 29.5 Å². The molecule has 1 unspecified atom stereocenters. The summed E-state index contributed by atoms with van der Waals surface area (Å²) in [5, 5.41) is 10.9. The number of hydrogen-bond donors (Lipinski definition) is 0. The second-order valence-electron chi connectivity index (χ2n) is 8.85. The van der Waals surface area contributed by atoms with Crippen molar-refractivity contribution in [3.8, 4) is 5.75 Å². The van der Waals surface area contributed by atoms with Crippen LogP contribution in [0.4, 0.5) is 11.4 Å². The predicted octanol–water partition coefficient (Wildman–Crippen LogP) is 5.22. The lowest BCUT2D eigenvalue weighted by atomic mass is 10.1. The van der Waals surface area contributed by atoms with E-state index in [1.165, 1.54) is 36.0 Å². The lowest BCUT2D eigenvalue weighted by molar-refractivity contribution is -0.384. The van der Waals surface area contributed by atoms with Crippen LogP contribution in [0.15, 0.2) is 71.6 Å². The van der Waals surface area contributed by atoms with E-state index in [1.54, 1.807) is 42.3 Å². The second kappa shape index (κ2) is 11.8. The SMILES string of the molecule is COc1ccc([C@@H]2Sc3cc(Cl)ccc3N(CCN(C)C)C(=O)C2OC(=O)c2ccc([N+](=O)[O-])cc2)cc1. The maximum absolute atomic E-state index is 14.1. The molecule has 11 heteroatoms. The van der Waals surface area contributed by atoms with E-state index in [0.717, 1.165) is 10.5 Å². The van der Waals surface area contributed by atoms with Gasteiger partial charge in [0.05, 0.1) is 28.5 Å². The van der Waals surface area contributed by atoms with Gasteiger partial charge in [-0.05, 0) is 62.1 Å². The van der Waals surface area contributed by atoms with Crippen molar-refractivity contribution in [1.29, 1.82) is 0 Å². The standard InChI is InChI=1S/C27H26ClN3O6S/c1-29(2)14-15-30-22-13-8-19(28)16-23(22)38-25(17-6-11-21(36-3)12-7-17)24(26(30)32)37-27(33)18-4-9-20(10-5-18)31(34)35/h4-13,16,24-25H,14-15H2,1-3H3/t24?,25-/m0/s1. The summed E-state index contributed by atoms with van der Waals surface area (Å²) in [5.74, 6) is -0.486. The summed E-state index contributed by atoms with van der Waals surface area (Å²) in [6, 6.07) is 17.6. The number of nitro groups is 1. The fraction of sp³-hybridized carbons (Fsp3) is 0.259. The van der Waals surface area contributed by atoms with Crippen molar-refractivity contribution in [2.24, 2.45) is 0 Å². The zero-order chi connectivity index (χ0) is 27.4. The first-order valence-corrected chi connectivity index (χ1v) is 13.0. The Morgan fingerprint density at radius 2 is 1.79 bits per heavy atom. The Hall–Kier alpha value is -3.60. The summed E-state index contributed by atoms with van der Waals surface area (Å²) in [4.78, 5) is 42.1. The first kappa shape index (κ1) is 27.4. The number of carbonyl (C=O) groups is 2. The summed E-state index contributed by atoms with van der Waals surface area (Å²) in [7, 11) is 5.38. The fourth-order valence-corrected chi connectivity index (χ4v) is 5.58. The Labute approximate surface area is 229 Å². The molecular formula is C27H26ClN3O6S. The quantitative estimate of drug-likeness (QED) is 0.212. The van der Waals surface area contributed by atoms with Crippen LogP contribution in [-0.2, 0) is 9.53 Å². The van der Waals surface area contributed by atoms with Crippen LogP contribution in [0.3, 0.4) is 0 Å². The number of benzene rings is 3. The van der Waals surface area contributed by atoms with Crippen molar-refractivity contribution >= 4 is 46.6 Å². The first-order chi connectivity index (χ1) is 18.2. The number of fused-ring (bicyclic) bond motifs is 1. The van der Waals surface area contributed by atoms with Crippen molar-refractivity contribution < 1.29 is 24.0 Å². The van der Waals surface area contributed by atoms with Crippen LogP contribution < -0.4 is 9.64 Å². The molecule has 3 aromatic rings. The zero-order valence-corrected chi connectivity index (χ0v) is 22.6. The van der Waals surface area contributed by atoms with E-state index in [4.69, 9.17) is 21.1 Å². The largest absolute Gasteiger partial charge is 0.497 e. The van der Waals surface area contributed by atoms with E-state index < -0.39 is 22.2 Å². The van der Waals surface area contributed by atoms with Crippen LogP contribution in [0, 0.1) is 10.1 Å². The number of hydrogen-bond acceptors (Lipinski definition) is 8. The maximum Gasteiger partial charge on any atom is 0.338 e. The number of carbonyl (C=O) groups excluding carboxylic acids is 2. The molecular weight excluding hydrogens is 530 g/mol. The van der Waals surface area contributed by atoms with Gasteiger partial charge in [-0.3, -0.25) is 14.9 Å². The number of halogens is 1. The number of nitro benzene ring substituents is 1. The highest BCUT2D eigenvalue weighted by Crippen LogP contribution is 2.47. The van der Waals surface area contributed by atoms with Gasteiger partial charge in [0.1, 0.15) is 5.75 Å². The van der Waals surface area contributed by atoms with Crippen LogP contribution in [0.25, 0.3) is 0 Å². The fourth-order valence-electron chi connectivity index (χ4n) is 3.99. The number of ether oxygens (including phenoxy) is 2. The Morgan fingerprint density at radius 1 is 1.11 bits per heavy atom. The molecule has 4 rings (SSSR count). The molecule has 198 valence electrons. The molecule has 0 radical (unpaired) electrons. The molecule has 0 aliphatic carbocycles. The van der Waals surface area contributed by atoms with E-state index >= 15 is 0 Å². The molecule has 0 bridgehead atoms. The van der Waals surface area contributed by atoms with Gasteiger partial charge in [0, 0.05) is 35.1 Å².